The first-order chi connectivity index (χ1) is 10.6. The Morgan fingerprint density at radius 3 is 2.59 bits per heavy atom. The molecule has 2 N–H and O–H groups in total. The Kier molecular flexibility index (Phi) is 5.30. The lowest BCUT2D eigenvalue weighted by molar-refractivity contribution is -0.143. The van der Waals surface area contributed by atoms with Gasteiger partial charge in [-0.2, -0.15) is 0 Å². The molecule has 118 valence electrons. The summed E-state index contributed by atoms with van der Waals surface area (Å²) in [6, 6.07) is 6.22. The van der Waals surface area contributed by atoms with Gasteiger partial charge in [-0.1, -0.05) is 24.3 Å². The predicted molar refractivity (Wildman–Crippen MR) is 82.1 cm³/mol. The number of likely N-dealkylation sites (N-methyl/N-ethyl adjacent to an activating group) is 1. The molecule has 1 heterocycles. The molecule has 0 radical (unpaired) electrons. The maximum atomic E-state index is 11.7. The van der Waals surface area contributed by atoms with E-state index in [9.17, 15) is 9.90 Å². The highest BCUT2D eigenvalue weighted by Gasteiger charge is 2.25. The molecule has 0 aliphatic rings. The van der Waals surface area contributed by atoms with Crippen molar-refractivity contribution in [1.29, 1.82) is 0 Å². The molecule has 22 heavy (non-hydrogen) atoms. The highest BCUT2D eigenvalue weighted by atomic mass is 16.4. The van der Waals surface area contributed by atoms with Crippen molar-refractivity contribution in [1.82, 2.24) is 14.5 Å². The second kappa shape index (κ2) is 7.20. The molecule has 2 aromatic rings. The summed E-state index contributed by atoms with van der Waals surface area (Å²) >= 11 is 0. The molecule has 0 saturated carbocycles. The second-order valence-electron chi connectivity index (χ2n) is 5.19. The van der Waals surface area contributed by atoms with Crippen LogP contribution < -0.4 is 0 Å². The van der Waals surface area contributed by atoms with E-state index in [0.29, 0.717) is 12.1 Å². The molecule has 0 saturated heterocycles. The number of aliphatic hydroxyl groups is 1. The molecule has 1 aromatic heterocycles. The number of hydrogen-bond donors (Lipinski definition) is 2. The van der Waals surface area contributed by atoms with Crippen LogP contribution in [0, 0.1) is 0 Å². The monoisotopic (exact) mass is 303 g/mol. The summed E-state index contributed by atoms with van der Waals surface area (Å²) in [4.78, 5) is 17.7. The SMILES string of the molecule is CCn1ccnc1CN(C)[C@@H](C(=O)O)c1ccc(CO)cc1. The Hall–Kier alpha value is -2.18. The van der Waals surface area contributed by atoms with E-state index in [2.05, 4.69) is 4.98 Å². The van der Waals surface area contributed by atoms with Gasteiger partial charge in [-0.15, -0.1) is 0 Å². The van der Waals surface area contributed by atoms with Crippen LogP contribution in [-0.4, -0.2) is 37.7 Å². The molecular formula is C16H21N3O3. The van der Waals surface area contributed by atoms with Crippen LogP contribution in [0.5, 0.6) is 0 Å². The maximum absolute atomic E-state index is 11.7. The number of carboxylic acids is 1. The smallest absolute Gasteiger partial charge is 0.325 e. The minimum absolute atomic E-state index is 0.0538. The zero-order valence-corrected chi connectivity index (χ0v) is 12.8. The summed E-state index contributed by atoms with van der Waals surface area (Å²) < 4.78 is 1.99. The Morgan fingerprint density at radius 2 is 2.05 bits per heavy atom. The van der Waals surface area contributed by atoms with Crippen molar-refractivity contribution in [3.8, 4) is 0 Å². The van der Waals surface area contributed by atoms with E-state index >= 15 is 0 Å². The Labute approximate surface area is 129 Å². The number of rotatable bonds is 7. The van der Waals surface area contributed by atoms with Crippen LogP contribution in [0.4, 0.5) is 0 Å². The van der Waals surface area contributed by atoms with Crippen LogP contribution in [0.25, 0.3) is 0 Å². The van der Waals surface area contributed by atoms with Gasteiger partial charge in [0, 0.05) is 18.9 Å². The van der Waals surface area contributed by atoms with E-state index in [4.69, 9.17) is 5.11 Å². The summed E-state index contributed by atoms with van der Waals surface area (Å²) in [6.07, 6.45) is 3.60. The first kappa shape index (κ1) is 16.2. The molecule has 0 amide bonds. The first-order valence-corrected chi connectivity index (χ1v) is 7.19. The summed E-state index contributed by atoms with van der Waals surface area (Å²) in [5.41, 5.74) is 1.44. The summed E-state index contributed by atoms with van der Waals surface area (Å²) in [5, 5.41) is 18.6. The largest absolute Gasteiger partial charge is 0.480 e. The lowest BCUT2D eigenvalue weighted by atomic mass is 10.0. The summed E-state index contributed by atoms with van der Waals surface area (Å²) in [6.45, 7) is 3.21. The molecule has 0 aliphatic heterocycles. The third-order valence-electron chi connectivity index (χ3n) is 3.69. The van der Waals surface area contributed by atoms with Crippen molar-refractivity contribution >= 4 is 5.97 Å². The zero-order valence-electron chi connectivity index (χ0n) is 12.8. The van der Waals surface area contributed by atoms with Gasteiger partial charge in [0.15, 0.2) is 0 Å². The fourth-order valence-electron chi connectivity index (χ4n) is 2.48. The van der Waals surface area contributed by atoms with Crippen LogP contribution in [0.3, 0.4) is 0 Å². The number of nitrogens with zero attached hydrogens (tertiary/aromatic N) is 3. The average Bonchev–Trinajstić information content (AvgIpc) is 2.95. The van der Waals surface area contributed by atoms with Crippen molar-refractivity contribution in [2.24, 2.45) is 0 Å². The number of aryl methyl sites for hydroxylation is 1. The third kappa shape index (κ3) is 3.52. The Bertz CT molecular complexity index is 622. The average molecular weight is 303 g/mol. The third-order valence-corrected chi connectivity index (χ3v) is 3.69. The lowest BCUT2D eigenvalue weighted by Gasteiger charge is -2.25. The van der Waals surface area contributed by atoms with Crippen molar-refractivity contribution in [2.45, 2.75) is 32.7 Å². The van der Waals surface area contributed by atoms with E-state index < -0.39 is 12.0 Å². The molecule has 0 unspecified atom stereocenters. The number of imidazole rings is 1. The van der Waals surface area contributed by atoms with Crippen LogP contribution in [-0.2, 0) is 24.5 Å². The number of carboxylic acid groups (broad SMARTS) is 1. The molecular weight excluding hydrogens is 282 g/mol. The molecule has 0 spiro atoms. The van der Waals surface area contributed by atoms with E-state index in [0.717, 1.165) is 17.9 Å². The van der Waals surface area contributed by atoms with E-state index in [1.54, 1.807) is 42.4 Å². The van der Waals surface area contributed by atoms with Gasteiger partial charge in [-0.3, -0.25) is 9.69 Å². The van der Waals surface area contributed by atoms with Gasteiger partial charge in [-0.25, -0.2) is 4.98 Å². The molecule has 0 aliphatic carbocycles. The fraction of sp³-hybridized carbons (Fsp3) is 0.375. The lowest BCUT2D eigenvalue weighted by Crippen LogP contribution is -2.31. The zero-order chi connectivity index (χ0) is 16.1. The van der Waals surface area contributed by atoms with Crippen LogP contribution in [0.1, 0.15) is 29.9 Å². The van der Waals surface area contributed by atoms with Crippen LogP contribution >= 0.6 is 0 Å². The summed E-state index contributed by atoms with van der Waals surface area (Å²) in [7, 11) is 1.77. The van der Waals surface area contributed by atoms with E-state index in [1.165, 1.54) is 0 Å². The molecule has 0 fully saturated rings. The second-order valence-corrected chi connectivity index (χ2v) is 5.19. The van der Waals surface area contributed by atoms with Gasteiger partial charge >= 0.3 is 5.97 Å². The first-order valence-electron chi connectivity index (χ1n) is 7.19. The number of aromatic nitrogens is 2. The number of aliphatic carboxylic acids is 1. The minimum Gasteiger partial charge on any atom is -0.480 e. The Balaban J connectivity index is 2.21. The molecule has 6 nitrogen and oxygen atoms in total. The Morgan fingerprint density at radius 1 is 1.36 bits per heavy atom. The van der Waals surface area contributed by atoms with Gasteiger partial charge in [0.2, 0.25) is 0 Å². The molecule has 1 atom stereocenters. The van der Waals surface area contributed by atoms with Crippen LogP contribution in [0.15, 0.2) is 36.7 Å². The highest BCUT2D eigenvalue weighted by Crippen LogP contribution is 2.22. The molecule has 2 rings (SSSR count). The van der Waals surface area contributed by atoms with Crippen molar-refractivity contribution in [2.75, 3.05) is 7.05 Å². The van der Waals surface area contributed by atoms with Gasteiger partial charge in [0.1, 0.15) is 11.9 Å². The molecule has 1 aromatic carbocycles. The maximum Gasteiger partial charge on any atom is 0.325 e. The van der Waals surface area contributed by atoms with Gasteiger partial charge in [-0.05, 0) is 25.1 Å². The van der Waals surface area contributed by atoms with Crippen molar-refractivity contribution in [3.63, 3.8) is 0 Å². The standard InChI is InChI=1S/C16H21N3O3/c1-3-19-9-8-17-14(19)10-18(2)15(16(21)22)13-6-4-12(11-20)5-7-13/h4-9,15,20H,3,10-11H2,1-2H3,(H,21,22)/t15-/m1/s1. The normalized spacial score (nSPS) is 12.5. The predicted octanol–water partition coefficient (Wildman–Crippen LogP) is 1.65. The van der Waals surface area contributed by atoms with Crippen molar-refractivity contribution < 1.29 is 15.0 Å². The quantitative estimate of drug-likeness (QED) is 0.813. The number of benzene rings is 1. The molecule has 6 heteroatoms. The minimum atomic E-state index is -0.908. The van der Waals surface area contributed by atoms with Crippen molar-refractivity contribution in [3.05, 3.63) is 53.6 Å². The number of hydrogen-bond acceptors (Lipinski definition) is 4. The van der Waals surface area contributed by atoms with Gasteiger partial charge in [0.05, 0.1) is 13.2 Å². The number of carbonyl (C=O) groups is 1. The highest BCUT2D eigenvalue weighted by molar-refractivity contribution is 5.75. The molecule has 0 bridgehead atoms. The van der Waals surface area contributed by atoms with E-state index in [-0.39, 0.29) is 6.61 Å². The summed E-state index contributed by atoms with van der Waals surface area (Å²) in [5.74, 6) is -0.0721. The topological polar surface area (TPSA) is 78.6 Å². The van der Waals surface area contributed by atoms with Crippen LogP contribution in [0.2, 0.25) is 0 Å². The number of aliphatic hydroxyl groups excluding tert-OH is 1. The van der Waals surface area contributed by atoms with Gasteiger partial charge in [0.25, 0.3) is 0 Å². The van der Waals surface area contributed by atoms with Gasteiger partial charge < -0.3 is 14.8 Å². The fourth-order valence-corrected chi connectivity index (χ4v) is 2.48. The van der Waals surface area contributed by atoms with E-state index in [1.807, 2.05) is 17.7 Å².